The number of Topliss-reactive ketones (excluding diaryl/α,β-unsaturated/α-hetero) is 1. The summed E-state index contributed by atoms with van der Waals surface area (Å²) in [6.45, 7) is 5.90. The van der Waals surface area contributed by atoms with Crippen molar-refractivity contribution in [3.63, 3.8) is 0 Å². The first kappa shape index (κ1) is 21.8. The molecule has 0 spiro atoms. The molecule has 34 heavy (non-hydrogen) atoms. The highest BCUT2D eigenvalue weighted by Crippen LogP contribution is 2.48. The number of nitrogens with zero attached hydrogens (tertiary/aromatic N) is 1. The van der Waals surface area contributed by atoms with Gasteiger partial charge in [0.2, 0.25) is 0 Å². The fourth-order valence-corrected chi connectivity index (χ4v) is 5.23. The van der Waals surface area contributed by atoms with Crippen LogP contribution in [-0.4, -0.2) is 30.5 Å². The zero-order valence-electron chi connectivity index (χ0n) is 19.9. The molecule has 0 saturated carbocycles. The second-order valence-corrected chi connectivity index (χ2v) is 8.61. The van der Waals surface area contributed by atoms with Crippen LogP contribution in [0.4, 0.5) is 0 Å². The van der Waals surface area contributed by atoms with Gasteiger partial charge in [-0.05, 0) is 56.7 Å². The number of esters is 1. The number of dihydropyridines is 1. The Morgan fingerprint density at radius 2 is 1.65 bits per heavy atom. The molecular formula is C28H26N2O4. The van der Waals surface area contributed by atoms with Gasteiger partial charge in [-0.2, -0.15) is 0 Å². The number of carbonyl (C=O) groups excluding carboxylic acids is 2. The number of ether oxygens (including phenoxy) is 2. The van der Waals surface area contributed by atoms with Gasteiger partial charge < -0.3 is 19.4 Å². The van der Waals surface area contributed by atoms with Crippen LogP contribution in [0.2, 0.25) is 0 Å². The van der Waals surface area contributed by atoms with Gasteiger partial charge in [-0.25, -0.2) is 4.79 Å². The number of aryl methyl sites for hydroxylation is 1. The molecule has 0 saturated heterocycles. The molecule has 0 bridgehead atoms. The van der Waals surface area contributed by atoms with E-state index in [1.54, 1.807) is 7.11 Å². The van der Waals surface area contributed by atoms with E-state index in [-0.39, 0.29) is 5.78 Å². The predicted molar refractivity (Wildman–Crippen MR) is 130 cm³/mol. The first-order valence-electron chi connectivity index (χ1n) is 11.1. The lowest BCUT2D eigenvalue weighted by molar-refractivity contribution is -0.136. The highest BCUT2D eigenvalue weighted by molar-refractivity contribution is 6.23. The molecule has 6 nitrogen and oxygen atoms in total. The van der Waals surface area contributed by atoms with E-state index in [1.165, 1.54) is 7.11 Å². The van der Waals surface area contributed by atoms with Crippen molar-refractivity contribution in [3.8, 4) is 11.4 Å². The molecule has 1 N–H and O–H groups in total. The average Bonchev–Trinajstić information content (AvgIpc) is 3.30. The topological polar surface area (TPSA) is 69.6 Å². The molecule has 2 heterocycles. The molecule has 0 amide bonds. The minimum atomic E-state index is -0.540. The fraction of sp³-hybridized carbons (Fsp3) is 0.214. The van der Waals surface area contributed by atoms with E-state index in [2.05, 4.69) is 16.0 Å². The first-order chi connectivity index (χ1) is 16.4. The van der Waals surface area contributed by atoms with Crippen LogP contribution in [0.3, 0.4) is 0 Å². The Labute approximate surface area is 198 Å². The van der Waals surface area contributed by atoms with Gasteiger partial charge in [-0.3, -0.25) is 4.79 Å². The number of carbonyl (C=O) groups is 2. The number of allylic oxidation sites excluding steroid dienone is 2. The van der Waals surface area contributed by atoms with Gasteiger partial charge in [0.05, 0.1) is 31.4 Å². The third-order valence-corrected chi connectivity index (χ3v) is 6.77. The Morgan fingerprint density at radius 1 is 0.971 bits per heavy atom. The summed E-state index contributed by atoms with van der Waals surface area (Å²) >= 11 is 0. The standard InChI is InChI=1S/C28H26N2O4/c1-15-14-22(17(3)30(15)18-10-12-19(33-4)13-11-18)24-23(28(32)34-5)16(2)29-26-20-8-6-7-9-21(20)27(31)25(24)26/h6-14,24,29H,1-5H3/t24-/m1/s1. The maximum absolute atomic E-state index is 13.6. The summed E-state index contributed by atoms with van der Waals surface area (Å²) in [5.41, 5.74) is 7.85. The van der Waals surface area contributed by atoms with Crippen molar-refractivity contribution in [2.75, 3.05) is 14.2 Å². The van der Waals surface area contributed by atoms with E-state index in [1.807, 2.05) is 69.3 Å². The SMILES string of the molecule is COC(=O)C1=C(C)NC2=C(C(=O)c3ccccc32)[C@@H]1c1cc(C)n(-c2ccc(OC)cc2)c1C. The lowest BCUT2D eigenvalue weighted by Gasteiger charge is -2.29. The number of benzene rings is 2. The Bertz CT molecular complexity index is 1410. The van der Waals surface area contributed by atoms with Crippen LogP contribution in [0.1, 0.15) is 45.7 Å². The normalized spacial score (nSPS) is 16.9. The summed E-state index contributed by atoms with van der Waals surface area (Å²) < 4.78 is 12.6. The van der Waals surface area contributed by atoms with Gasteiger partial charge >= 0.3 is 5.97 Å². The minimum Gasteiger partial charge on any atom is -0.497 e. The number of fused-ring (bicyclic) bond motifs is 2. The van der Waals surface area contributed by atoms with E-state index < -0.39 is 11.9 Å². The van der Waals surface area contributed by atoms with Crippen LogP contribution >= 0.6 is 0 Å². The van der Waals surface area contributed by atoms with Crippen molar-refractivity contribution < 1.29 is 19.1 Å². The van der Waals surface area contributed by atoms with Gasteiger partial charge in [0.25, 0.3) is 0 Å². The predicted octanol–water partition coefficient (Wildman–Crippen LogP) is 4.84. The minimum absolute atomic E-state index is 0.0637. The van der Waals surface area contributed by atoms with Crippen LogP contribution < -0.4 is 10.1 Å². The third-order valence-electron chi connectivity index (χ3n) is 6.77. The number of aromatic nitrogens is 1. The van der Waals surface area contributed by atoms with Crippen LogP contribution in [0.5, 0.6) is 5.75 Å². The molecule has 1 aliphatic carbocycles. The lowest BCUT2D eigenvalue weighted by atomic mass is 9.79. The second-order valence-electron chi connectivity index (χ2n) is 8.61. The molecule has 1 aromatic heterocycles. The summed E-state index contributed by atoms with van der Waals surface area (Å²) in [4.78, 5) is 26.6. The van der Waals surface area contributed by atoms with Gasteiger partial charge in [-0.1, -0.05) is 24.3 Å². The van der Waals surface area contributed by atoms with Crippen molar-refractivity contribution in [2.24, 2.45) is 0 Å². The fourth-order valence-electron chi connectivity index (χ4n) is 5.23. The smallest absolute Gasteiger partial charge is 0.336 e. The summed E-state index contributed by atoms with van der Waals surface area (Å²) in [6.07, 6.45) is 0. The Kier molecular flexibility index (Phi) is 5.16. The van der Waals surface area contributed by atoms with Crippen molar-refractivity contribution in [2.45, 2.75) is 26.7 Å². The third kappa shape index (κ3) is 3.10. The van der Waals surface area contributed by atoms with Crippen molar-refractivity contribution in [1.29, 1.82) is 0 Å². The van der Waals surface area contributed by atoms with E-state index >= 15 is 0 Å². The monoisotopic (exact) mass is 454 g/mol. The van der Waals surface area contributed by atoms with Crippen molar-refractivity contribution in [3.05, 3.63) is 99.5 Å². The van der Waals surface area contributed by atoms with E-state index in [0.29, 0.717) is 22.4 Å². The molecule has 2 aliphatic rings. The molecule has 0 fully saturated rings. The molecule has 0 radical (unpaired) electrons. The number of hydrogen-bond donors (Lipinski definition) is 1. The van der Waals surface area contributed by atoms with E-state index in [4.69, 9.17) is 9.47 Å². The molecule has 2 aromatic carbocycles. The van der Waals surface area contributed by atoms with Crippen LogP contribution in [-0.2, 0) is 9.53 Å². The van der Waals surface area contributed by atoms with Gasteiger partial charge in [0.1, 0.15) is 5.75 Å². The summed E-state index contributed by atoms with van der Waals surface area (Å²) in [6, 6.07) is 17.4. The molecule has 3 aromatic rings. The largest absolute Gasteiger partial charge is 0.497 e. The van der Waals surface area contributed by atoms with Crippen LogP contribution in [0, 0.1) is 13.8 Å². The van der Waals surface area contributed by atoms with Gasteiger partial charge in [0.15, 0.2) is 5.78 Å². The molecule has 0 unspecified atom stereocenters. The molecule has 5 rings (SSSR count). The summed E-state index contributed by atoms with van der Waals surface area (Å²) in [5.74, 6) is -0.270. The molecule has 1 atom stereocenters. The number of methoxy groups -OCH3 is 2. The lowest BCUT2D eigenvalue weighted by Crippen LogP contribution is -2.29. The summed E-state index contributed by atoms with van der Waals surface area (Å²) in [7, 11) is 3.01. The second kappa shape index (κ2) is 8.06. The Hall–Kier alpha value is -4.06. The highest BCUT2D eigenvalue weighted by Gasteiger charge is 2.43. The molecule has 1 aliphatic heterocycles. The van der Waals surface area contributed by atoms with Gasteiger partial charge in [-0.15, -0.1) is 0 Å². The number of nitrogens with one attached hydrogen (secondary N) is 1. The van der Waals surface area contributed by atoms with Crippen LogP contribution in [0.15, 0.2) is 71.4 Å². The molecule has 172 valence electrons. The zero-order chi connectivity index (χ0) is 24.1. The molecule has 6 heteroatoms. The highest BCUT2D eigenvalue weighted by atomic mass is 16.5. The van der Waals surface area contributed by atoms with Gasteiger partial charge in [0, 0.05) is 39.5 Å². The summed E-state index contributed by atoms with van der Waals surface area (Å²) in [5, 5.41) is 3.33. The molecular weight excluding hydrogens is 428 g/mol. The average molecular weight is 455 g/mol. The number of ketones is 1. The number of rotatable bonds is 4. The first-order valence-corrected chi connectivity index (χ1v) is 11.1. The Morgan fingerprint density at radius 3 is 2.29 bits per heavy atom. The van der Waals surface area contributed by atoms with E-state index in [9.17, 15) is 9.59 Å². The number of hydrogen-bond acceptors (Lipinski definition) is 5. The zero-order valence-corrected chi connectivity index (χ0v) is 19.9. The van der Waals surface area contributed by atoms with E-state index in [0.717, 1.165) is 39.6 Å². The van der Waals surface area contributed by atoms with Crippen molar-refractivity contribution >= 4 is 17.4 Å². The van der Waals surface area contributed by atoms with Crippen molar-refractivity contribution in [1.82, 2.24) is 9.88 Å². The quantitative estimate of drug-likeness (QED) is 0.571. The maximum Gasteiger partial charge on any atom is 0.336 e. The maximum atomic E-state index is 13.6. The van der Waals surface area contributed by atoms with Crippen LogP contribution in [0.25, 0.3) is 11.4 Å². The Balaban J connectivity index is 1.72.